The summed E-state index contributed by atoms with van der Waals surface area (Å²) >= 11 is 0. The molecular weight excluding hydrogens is 333 g/mol. The molecule has 0 fully saturated rings. The van der Waals surface area contributed by atoms with Crippen molar-refractivity contribution in [3.63, 3.8) is 0 Å². The van der Waals surface area contributed by atoms with Crippen molar-refractivity contribution in [3.05, 3.63) is 70.8 Å². The normalized spacial score (nSPS) is 11.5. The monoisotopic (exact) mass is 350 g/mol. The first-order valence-corrected chi connectivity index (χ1v) is 7.51. The molecule has 0 unspecified atom stereocenters. The summed E-state index contributed by atoms with van der Waals surface area (Å²) in [6.07, 6.45) is -2.37. The Morgan fingerprint density at radius 1 is 1.12 bits per heavy atom. The Labute approximate surface area is 143 Å². The second-order valence-electron chi connectivity index (χ2n) is 5.24. The van der Waals surface area contributed by atoms with Crippen molar-refractivity contribution >= 4 is 12.1 Å². The zero-order valence-corrected chi connectivity index (χ0v) is 13.5. The van der Waals surface area contributed by atoms with Crippen LogP contribution < -0.4 is 5.32 Å². The van der Waals surface area contributed by atoms with Crippen LogP contribution in [0.5, 0.6) is 0 Å². The summed E-state index contributed by atoms with van der Waals surface area (Å²) in [4.78, 5) is 16.6. The molecule has 2 aromatic rings. The van der Waals surface area contributed by atoms with Gasteiger partial charge >= 0.3 is 6.18 Å². The number of carbonyl (C=O) groups is 1. The summed E-state index contributed by atoms with van der Waals surface area (Å²) in [6.45, 7) is 0.330. The summed E-state index contributed by atoms with van der Waals surface area (Å²) in [7, 11) is 1.44. The second kappa shape index (κ2) is 8.32. The number of benzene rings is 2. The Morgan fingerprint density at radius 2 is 1.76 bits per heavy atom. The molecule has 7 heteroatoms. The molecule has 0 aliphatic carbocycles. The van der Waals surface area contributed by atoms with Gasteiger partial charge in [-0.2, -0.15) is 13.2 Å². The van der Waals surface area contributed by atoms with Gasteiger partial charge in [0.15, 0.2) is 0 Å². The number of oxime groups is 1. The number of hydrogen-bond acceptors (Lipinski definition) is 3. The number of amides is 1. The fraction of sp³-hybridized carbons (Fsp3) is 0.222. The lowest BCUT2D eigenvalue weighted by molar-refractivity contribution is -0.137. The van der Waals surface area contributed by atoms with E-state index < -0.39 is 11.7 Å². The summed E-state index contributed by atoms with van der Waals surface area (Å²) in [5.41, 5.74) is 1.32. The van der Waals surface area contributed by atoms with Crippen LogP contribution in [0.1, 0.15) is 27.0 Å². The molecule has 4 nitrogen and oxygen atoms in total. The lowest BCUT2D eigenvalue weighted by atomic mass is 10.1. The van der Waals surface area contributed by atoms with Gasteiger partial charge in [0.05, 0.1) is 11.8 Å². The van der Waals surface area contributed by atoms with Gasteiger partial charge in [-0.1, -0.05) is 29.4 Å². The molecule has 0 spiro atoms. The summed E-state index contributed by atoms with van der Waals surface area (Å²) in [5.74, 6) is -0.248. The number of rotatable bonds is 6. The molecule has 0 saturated carbocycles. The molecule has 0 heterocycles. The van der Waals surface area contributed by atoms with Crippen LogP contribution >= 0.6 is 0 Å². The number of carbonyl (C=O) groups excluding carboxylic acids is 1. The Balaban J connectivity index is 1.85. The van der Waals surface area contributed by atoms with Gasteiger partial charge in [-0.25, -0.2) is 0 Å². The van der Waals surface area contributed by atoms with Gasteiger partial charge in [0.2, 0.25) is 0 Å². The maximum absolute atomic E-state index is 12.5. The lowest BCUT2D eigenvalue weighted by Crippen LogP contribution is -2.25. The van der Waals surface area contributed by atoms with Crippen LogP contribution in [-0.4, -0.2) is 25.8 Å². The molecule has 1 N–H and O–H groups in total. The maximum atomic E-state index is 12.5. The number of alkyl halides is 3. The SMILES string of the molecule is CO/N=C/c1ccc(C(=O)NCCc2ccc(C(F)(F)F)cc2)cc1. The molecule has 0 aromatic heterocycles. The fourth-order valence-electron chi connectivity index (χ4n) is 2.12. The van der Waals surface area contributed by atoms with Gasteiger partial charge in [-0.3, -0.25) is 4.79 Å². The molecule has 1 amide bonds. The van der Waals surface area contributed by atoms with Crippen molar-refractivity contribution in [2.75, 3.05) is 13.7 Å². The minimum atomic E-state index is -4.34. The van der Waals surface area contributed by atoms with Crippen molar-refractivity contribution < 1.29 is 22.8 Å². The third-order valence-electron chi connectivity index (χ3n) is 3.46. The number of hydrogen-bond donors (Lipinski definition) is 1. The quantitative estimate of drug-likeness (QED) is 0.639. The Kier molecular flexibility index (Phi) is 6.16. The van der Waals surface area contributed by atoms with E-state index in [-0.39, 0.29) is 5.91 Å². The molecule has 0 saturated heterocycles. The van der Waals surface area contributed by atoms with Gasteiger partial charge in [-0.15, -0.1) is 0 Å². The highest BCUT2D eigenvalue weighted by Gasteiger charge is 2.29. The third-order valence-corrected chi connectivity index (χ3v) is 3.46. The molecule has 0 aliphatic heterocycles. The molecule has 0 radical (unpaired) electrons. The third kappa shape index (κ3) is 5.63. The average molecular weight is 350 g/mol. The molecule has 0 aliphatic rings. The molecule has 132 valence electrons. The first kappa shape index (κ1) is 18.5. The second-order valence-corrected chi connectivity index (χ2v) is 5.24. The number of nitrogens with zero attached hydrogens (tertiary/aromatic N) is 1. The Bertz CT molecular complexity index is 723. The topological polar surface area (TPSA) is 50.7 Å². The first-order valence-electron chi connectivity index (χ1n) is 7.51. The van der Waals surface area contributed by atoms with E-state index in [2.05, 4.69) is 15.3 Å². The molecular formula is C18H17F3N2O2. The van der Waals surface area contributed by atoms with Crippen molar-refractivity contribution in [3.8, 4) is 0 Å². The predicted octanol–water partition coefficient (Wildman–Crippen LogP) is 3.66. The highest BCUT2D eigenvalue weighted by Crippen LogP contribution is 2.29. The van der Waals surface area contributed by atoms with E-state index in [0.717, 1.165) is 23.3 Å². The highest BCUT2D eigenvalue weighted by molar-refractivity contribution is 5.95. The lowest BCUT2D eigenvalue weighted by Gasteiger charge is -2.08. The maximum Gasteiger partial charge on any atom is 0.416 e. The zero-order valence-electron chi connectivity index (χ0n) is 13.5. The molecule has 25 heavy (non-hydrogen) atoms. The van der Waals surface area contributed by atoms with E-state index in [1.54, 1.807) is 24.3 Å². The van der Waals surface area contributed by atoms with Crippen LogP contribution in [0.2, 0.25) is 0 Å². The molecule has 0 bridgehead atoms. The summed E-state index contributed by atoms with van der Waals surface area (Å²) in [5, 5.41) is 6.36. The molecule has 2 aromatic carbocycles. The van der Waals surface area contributed by atoms with Crippen molar-refractivity contribution in [2.24, 2.45) is 5.16 Å². The van der Waals surface area contributed by atoms with Crippen molar-refractivity contribution in [2.45, 2.75) is 12.6 Å². The highest BCUT2D eigenvalue weighted by atomic mass is 19.4. The minimum absolute atomic E-state index is 0.248. The van der Waals surface area contributed by atoms with Crippen molar-refractivity contribution in [1.29, 1.82) is 0 Å². The van der Waals surface area contributed by atoms with Gasteiger partial charge in [0.25, 0.3) is 5.91 Å². The standard InChI is InChI=1S/C18H17F3N2O2/c1-25-23-12-14-2-6-15(7-3-14)17(24)22-11-10-13-4-8-16(9-5-13)18(19,20)21/h2-9,12H,10-11H2,1H3,(H,22,24)/b23-12+. The summed E-state index contributed by atoms with van der Waals surface area (Å²) < 4.78 is 37.5. The largest absolute Gasteiger partial charge is 0.416 e. The number of halogens is 3. The van der Waals surface area contributed by atoms with Gasteiger partial charge in [0, 0.05) is 12.1 Å². The predicted molar refractivity (Wildman–Crippen MR) is 88.5 cm³/mol. The van der Waals surface area contributed by atoms with Crippen molar-refractivity contribution in [1.82, 2.24) is 5.32 Å². The van der Waals surface area contributed by atoms with Gasteiger partial charge < -0.3 is 10.2 Å². The van der Waals surface area contributed by atoms with Crippen LogP contribution in [0, 0.1) is 0 Å². The van der Waals surface area contributed by atoms with Crippen LogP contribution in [0.15, 0.2) is 53.7 Å². The van der Waals surface area contributed by atoms with Crippen LogP contribution in [0.4, 0.5) is 13.2 Å². The van der Waals surface area contributed by atoms with E-state index in [0.29, 0.717) is 18.5 Å². The fourth-order valence-corrected chi connectivity index (χ4v) is 2.12. The average Bonchev–Trinajstić information content (AvgIpc) is 2.60. The van der Waals surface area contributed by atoms with E-state index >= 15 is 0 Å². The summed E-state index contributed by atoms with van der Waals surface area (Å²) in [6, 6.07) is 11.7. The van der Waals surface area contributed by atoms with Crippen LogP contribution in [0.3, 0.4) is 0 Å². The van der Waals surface area contributed by atoms with E-state index in [1.807, 2.05) is 0 Å². The zero-order chi connectivity index (χ0) is 18.3. The molecule has 0 atom stereocenters. The van der Waals surface area contributed by atoms with Gasteiger partial charge in [0.1, 0.15) is 7.11 Å². The van der Waals surface area contributed by atoms with E-state index in [4.69, 9.17) is 0 Å². The first-order chi connectivity index (χ1) is 11.9. The Hall–Kier alpha value is -2.83. The van der Waals surface area contributed by atoms with E-state index in [9.17, 15) is 18.0 Å². The van der Waals surface area contributed by atoms with E-state index in [1.165, 1.54) is 25.5 Å². The number of nitrogens with one attached hydrogen (secondary N) is 1. The van der Waals surface area contributed by atoms with Crippen LogP contribution in [0.25, 0.3) is 0 Å². The van der Waals surface area contributed by atoms with Crippen LogP contribution in [-0.2, 0) is 17.4 Å². The molecule has 2 rings (SSSR count). The Morgan fingerprint density at radius 3 is 2.32 bits per heavy atom. The smallest absolute Gasteiger partial charge is 0.399 e. The minimum Gasteiger partial charge on any atom is -0.399 e. The van der Waals surface area contributed by atoms with Gasteiger partial charge in [-0.05, 0) is 41.8 Å².